The number of oxime groups is 1. The van der Waals surface area contributed by atoms with Gasteiger partial charge in [0.1, 0.15) is 0 Å². The molecule has 3 N–H and O–H groups in total. The van der Waals surface area contributed by atoms with Gasteiger partial charge >= 0.3 is 0 Å². The summed E-state index contributed by atoms with van der Waals surface area (Å²) in [7, 11) is 3.89. The molecule has 9 nitrogen and oxygen atoms in total. The van der Waals surface area contributed by atoms with Gasteiger partial charge in [0.05, 0.1) is 11.5 Å². The standard InChI is InChI=1S/C11H17N5O4/c1-15(2)6-3-7-20-9-5-4-8(16(18)19)10(13-9)11(12)14-17/h4-5,17H,3,6-7H2,1-2H3,(H2,12,14). The van der Waals surface area contributed by atoms with Crippen LogP contribution >= 0.6 is 0 Å². The maximum atomic E-state index is 10.8. The highest BCUT2D eigenvalue weighted by atomic mass is 16.6. The van der Waals surface area contributed by atoms with Crippen LogP contribution in [0.1, 0.15) is 12.1 Å². The zero-order valence-electron chi connectivity index (χ0n) is 11.3. The van der Waals surface area contributed by atoms with Gasteiger partial charge < -0.3 is 20.6 Å². The molecule has 0 spiro atoms. The molecule has 20 heavy (non-hydrogen) atoms. The summed E-state index contributed by atoms with van der Waals surface area (Å²) in [5.41, 5.74) is 4.80. The van der Waals surface area contributed by atoms with E-state index in [4.69, 9.17) is 15.7 Å². The molecule has 0 unspecified atom stereocenters. The maximum absolute atomic E-state index is 10.8. The predicted octanol–water partition coefficient (Wildman–Crippen LogP) is 0.415. The lowest BCUT2D eigenvalue weighted by Gasteiger charge is -2.10. The highest BCUT2D eigenvalue weighted by Gasteiger charge is 2.20. The molecule has 1 aromatic heterocycles. The minimum atomic E-state index is -0.657. The smallest absolute Gasteiger partial charge is 0.299 e. The molecule has 0 radical (unpaired) electrons. The van der Waals surface area contributed by atoms with Crippen LogP contribution < -0.4 is 10.5 Å². The molecule has 0 saturated carbocycles. The van der Waals surface area contributed by atoms with Gasteiger partial charge in [-0.25, -0.2) is 4.98 Å². The normalized spacial score (nSPS) is 11.7. The van der Waals surface area contributed by atoms with E-state index in [-0.39, 0.29) is 17.3 Å². The van der Waals surface area contributed by atoms with Crippen LogP contribution in [0.25, 0.3) is 0 Å². The van der Waals surface area contributed by atoms with Gasteiger partial charge in [-0.15, -0.1) is 0 Å². The molecule has 1 aromatic rings. The van der Waals surface area contributed by atoms with Crippen LogP contribution in [0.15, 0.2) is 17.3 Å². The van der Waals surface area contributed by atoms with Crippen LogP contribution in [0.5, 0.6) is 5.88 Å². The quantitative estimate of drug-likeness (QED) is 0.185. The van der Waals surface area contributed by atoms with Crippen LogP contribution in [0.4, 0.5) is 5.69 Å². The monoisotopic (exact) mass is 283 g/mol. The van der Waals surface area contributed by atoms with E-state index in [1.165, 1.54) is 12.1 Å². The number of aromatic nitrogens is 1. The summed E-state index contributed by atoms with van der Waals surface area (Å²) in [6.45, 7) is 1.26. The van der Waals surface area contributed by atoms with E-state index in [0.29, 0.717) is 6.61 Å². The summed E-state index contributed by atoms with van der Waals surface area (Å²) in [6, 6.07) is 2.59. The van der Waals surface area contributed by atoms with E-state index in [1.807, 2.05) is 19.0 Å². The van der Waals surface area contributed by atoms with Crippen molar-refractivity contribution in [1.82, 2.24) is 9.88 Å². The highest BCUT2D eigenvalue weighted by molar-refractivity contribution is 5.98. The molecule has 0 aliphatic heterocycles. The molecular weight excluding hydrogens is 266 g/mol. The molecule has 0 atom stereocenters. The van der Waals surface area contributed by atoms with Gasteiger partial charge in [0.15, 0.2) is 11.5 Å². The van der Waals surface area contributed by atoms with E-state index in [2.05, 4.69) is 10.1 Å². The Balaban J connectivity index is 2.82. The van der Waals surface area contributed by atoms with E-state index >= 15 is 0 Å². The Hall–Kier alpha value is -2.42. The van der Waals surface area contributed by atoms with Crippen molar-refractivity contribution >= 4 is 11.5 Å². The molecular formula is C11H17N5O4. The van der Waals surface area contributed by atoms with Crippen molar-refractivity contribution in [1.29, 1.82) is 0 Å². The average Bonchev–Trinajstić information content (AvgIpc) is 2.42. The Kier molecular flexibility index (Phi) is 5.66. The molecule has 9 heteroatoms. The Morgan fingerprint density at radius 3 is 2.85 bits per heavy atom. The number of amidine groups is 1. The van der Waals surface area contributed by atoms with Gasteiger partial charge in [0, 0.05) is 18.7 Å². The zero-order chi connectivity index (χ0) is 15.1. The molecule has 0 aliphatic rings. The van der Waals surface area contributed by atoms with Gasteiger partial charge in [0.25, 0.3) is 5.69 Å². The minimum absolute atomic E-state index is 0.191. The Morgan fingerprint density at radius 2 is 2.30 bits per heavy atom. The van der Waals surface area contributed by atoms with E-state index in [9.17, 15) is 10.1 Å². The van der Waals surface area contributed by atoms with Crippen LogP contribution in [-0.4, -0.2) is 53.1 Å². The van der Waals surface area contributed by atoms with Crippen molar-refractivity contribution in [2.24, 2.45) is 10.9 Å². The zero-order valence-corrected chi connectivity index (χ0v) is 11.3. The van der Waals surface area contributed by atoms with Crippen LogP contribution in [0.3, 0.4) is 0 Å². The molecule has 0 aliphatic carbocycles. The molecule has 110 valence electrons. The third-order valence-electron chi connectivity index (χ3n) is 2.40. The van der Waals surface area contributed by atoms with Gasteiger partial charge in [-0.1, -0.05) is 5.16 Å². The van der Waals surface area contributed by atoms with Gasteiger partial charge in [-0.2, -0.15) is 0 Å². The fraction of sp³-hybridized carbons (Fsp3) is 0.455. The van der Waals surface area contributed by atoms with E-state index < -0.39 is 10.8 Å². The third kappa shape index (κ3) is 4.35. The summed E-state index contributed by atoms with van der Waals surface area (Å²) in [4.78, 5) is 16.1. The maximum Gasteiger partial charge on any atom is 0.299 e. The van der Waals surface area contributed by atoms with Crippen molar-refractivity contribution in [2.45, 2.75) is 6.42 Å². The third-order valence-corrected chi connectivity index (χ3v) is 2.40. The Bertz CT molecular complexity index is 504. The van der Waals surface area contributed by atoms with Gasteiger partial charge in [-0.3, -0.25) is 10.1 Å². The first-order valence-electron chi connectivity index (χ1n) is 5.86. The van der Waals surface area contributed by atoms with Crippen molar-refractivity contribution in [2.75, 3.05) is 27.2 Å². The number of nitrogens with two attached hydrogens (primary N) is 1. The second-order valence-electron chi connectivity index (χ2n) is 4.26. The van der Waals surface area contributed by atoms with Crippen molar-refractivity contribution in [3.05, 3.63) is 27.9 Å². The van der Waals surface area contributed by atoms with Crippen LogP contribution in [0, 0.1) is 10.1 Å². The first kappa shape index (κ1) is 15.6. The number of nitro groups is 1. The van der Waals surface area contributed by atoms with Crippen molar-refractivity contribution < 1.29 is 14.9 Å². The number of hydrogen-bond donors (Lipinski definition) is 2. The molecule has 0 aromatic carbocycles. The predicted molar refractivity (Wildman–Crippen MR) is 72.1 cm³/mol. The minimum Gasteiger partial charge on any atom is -0.478 e. The second kappa shape index (κ2) is 7.24. The Labute approximate surface area is 115 Å². The lowest BCUT2D eigenvalue weighted by molar-refractivity contribution is -0.385. The first-order chi connectivity index (χ1) is 9.45. The summed E-state index contributed by atoms with van der Waals surface area (Å²) in [6.07, 6.45) is 0.782. The largest absolute Gasteiger partial charge is 0.478 e. The van der Waals surface area contributed by atoms with Crippen molar-refractivity contribution in [3.63, 3.8) is 0 Å². The number of ether oxygens (including phenoxy) is 1. The first-order valence-corrected chi connectivity index (χ1v) is 5.86. The van der Waals surface area contributed by atoms with Crippen molar-refractivity contribution in [3.8, 4) is 5.88 Å². The second-order valence-corrected chi connectivity index (χ2v) is 4.26. The van der Waals surface area contributed by atoms with Gasteiger partial charge in [-0.05, 0) is 20.5 Å². The fourth-order valence-corrected chi connectivity index (χ4v) is 1.45. The molecule has 0 amide bonds. The summed E-state index contributed by atoms with van der Waals surface area (Å²) in [5, 5.41) is 22.2. The van der Waals surface area contributed by atoms with Gasteiger partial charge in [0.2, 0.25) is 5.88 Å². The molecule has 1 rings (SSSR count). The fourth-order valence-electron chi connectivity index (χ4n) is 1.45. The number of rotatable bonds is 7. The number of pyridine rings is 1. The average molecular weight is 283 g/mol. The topological polar surface area (TPSA) is 127 Å². The lowest BCUT2D eigenvalue weighted by Crippen LogP contribution is -2.18. The van der Waals surface area contributed by atoms with Crippen LogP contribution in [-0.2, 0) is 0 Å². The van der Waals surface area contributed by atoms with Crippen LogP contribution in [0.2, 0.25) is 0 Å². The SMILES string of the molecule is CN(C)CCCOc1ccc([N+](=O)[O-])c(/C(N)=N/O)n1. The lowest BCUT2D eigenvalue weighted by atomic mass is 10.3. The van der Waals surface area contributed by atoms with E-state index in [1.54, 1.807) is 0 Å². The molecule has 0 saturated heterocycles. The number of hydrogen-bond acceptors (Lipinski definition) is 7. The Morgan fingerprint density at radius 1 is 1.60 bits per heavy atom. The summed E-state index contributed by atoms with van der Waals surface area (Å²) < 4.78 is 5.37. The van der Waals surface area contributed by atoms with E-state index in [0.717, 1.165) is 13.0 Å². The highest BCUT2D eigenvalue weighted by Crippen LogP contribution is 2.20. The number of nitrogens with zero attached hydrogens (tertiary/aromatic N) is 4. The molecule has 0 bridgehead atoms. The molecule has 0 fully saturated rings. The summed E-state index contributed by atoms with van der Waals surface area (Å²) in [5.74, 6) is -0.244. The molecule has 1 heterocycles. The summed E-state index contributed by atoms with van der Waals surface area (Å²) >= 11 is 0.